The van der Waals surface area contributed by atoms with Gasteiger partial charge < -0.3 is 9.73 Å². The number of nitrogens with zero attached hydrogens (tertiary/aromatic N) is 5. The smallest absolute Gasteiger partial charge is 0.268 e. The Morgan fingerprint density at radius 1 is 0.970 bits per heavy atom. The van der Waals surface area contributed by atoms with Crippen LogP contribution in [0.15, 0.2) is 58.1 Å². The highest BCUT2D eigenvalue weighted by Crippen LogP contribution is 2.27. The van der Waals surface area contributed by atoms with Gasteiger partial charge in [-0.15, -0.1) is 10.2 Å². The number of aryl methyl sites for hydroxylation is 1. The Kier molecular flexibility index (Phi) is 6.30. The largest absolute Gasteiger partial charge is 0.415 e. The van der Waals surface area contributed by atoms with Gasteiger partial charge in [-0.25, -0.2) is 13.4 Å². The van der Waals surface area contributed by atoms with Crippen molar-refractivity contribution in [1.82, 2.24) is 30.5 Å². The summed E-state index contributed by atoms with van der Waals surface area (Å²) in [6.07, 6.45) is 2.92. The Morgan fingerprint density at radius 3 is 2.33 bits per heavy atom. The third-order valence-corrected chi connectivity index (χ3v) is 7.25. The van der Waals surface area contributed by atoms with E-state index < -0.39 is 15.1 Å². The zero-order valence-electron chi connectivity index (χ0n) is 18.8. The maximum Gasteiger partial charge on any atom is 0.268 e. The average molecular weight is 469 g/mol. The minimum absolute atomic E-state index is 0. The van der Waals surface area contributed by atoms with E-state index >= 15 is 0 Å². The summed E-state index contributed by atoms with van der Waals surface area (Å²) in [5.74, 6) is 0.629. The third kappa shape index (κ3) is 4.67. The Balaban J connectivity index is 0.00000216. The van der Waals surface area contributed by atoms with Gasteiger partial charge in [0.15, 0.2) is 9.84 Å². The Morgan fingerprint density at radius 2 is 1.70 bits per heavy atom. The van der Waals surface area contributed by atoms with Gasteiger partial charge in [0.1, 0.15) is 11.4 Å². The van der Waals surface area contributed by atoms with Gasteiger partial charge in [-0.05, 0) is 57.6 Å². The Labute approximate surface area is 195 Å². The molecule has 0 aliphatic carbocycles. The average Bonchev–Trinajstić information content (AvgIpc) is 3.30. The third-order valence-electron chi connectivity index (χ3n) is 5.11. The fourth-order valence-corrected chi connectivity index (χ4v) is 4.15. The Bertz CT molecular complexity index is 1380. The first-order valence-electron chi connectivity index (χ1n) is 10.4. The first kappa shape index (κ1) is 22.7. The molecule has 0 amide bonds. The first-order chi connectivity index (χ1) is 15.8. The molecule has 0 aliphatic rings. The molecule has 10 heteroatoms. The minimum atomic E-state index is -3.40. The maximum absolute atomic E-state index is 12.3. The fourth-order valence-electron chi connectivity index (χ4n) is 3.15. The van der Waals surface area contributed by atoms with Crippen molar-refractivity contribution in [3.05, 3.63) is 60.0 Å². The monoisotopic (exact) mass is 468 g/mol. The van der Waals surface area contributed by atoms with E-state index in [2.05, 4.69) is 30.5 Å². The van der Waals surface area contributed by atoms with Crippen molar-refractivity contribution in [2.75, 3.05) is 7.05 Å². The zero-order chi connectivity index (χ0) is 23.6. The number of sulfone groups is 1. The molecule has 4 rings (SSSR count). The molecule has 3 aromatic heterocycles. The van der Waals surface area contributed by atoms with Gasteiger partial charge in [0.2, 0.25) is 5.89 Å². The molecule has 0 atom stereocenters. The van der Waals surface area contributed by atoms with Crippen molar-refractivity contribution < 1.29 is 15.7 Å². The van der Waals surface area contributed by atoms with Crippen LogP contribution in [0.25, 0.3) is 34.4 Å². The van der Waals surface area contributed by atoms with Crippen LogP contribution in [0.2, 0.25) is 0 Å². The molecule has 0 fully saturated rings. The second kappa shape index (κ2) is 9.16. The van der Waals surface area contributed by atoms with Crippen LogP contribution in [-0.2, 0) is 16.4 Å². The zero-order valence-corrected chi connectivity index (χ0v) is 19.6. The second-order valence-electron chi connectivity index (χ2n) is 7.80. The van der Waals surface area contributed by atoms with E-state index in [-0.39, 0.29) is 13.6 Å². The molecule has 0 aliphatic heterocycles. The van der Waals surface area contributed by atoms with Crippen LogP contribution in [0.5, 0.6) is 0 Å². The second-order valence-corrected chi connectivity index (χ2v) is 10.3. The van der Waals surface area contributed by atoms with E-state index in [0.717, 1.165) is 17.7 Å². The molecular formula is C23H28N6O3S. The highest BCUT2D eigenvalue weighted by molar-refractivity contribution is 7.92. The van der Waals surface area contributed by atoms with Crippen LogP contribution >= 0.6 is 0 Å². The van der Waals surface area contributed by atoms with E-state index in [1.54, 1.807) is 33.0 Å². The summed E-state index contributed by atoms with van der Waals surface area (Å²) in [6, 6.07) is 11.0. The summed E-state index contributed by atoms with van der Waals surface area (Å²) in [4.78, 5) is 13.5. The SMILES string of the molecule is CNCc1ccc(-c2nnc(-c3nc(-c4ccc(S(=O)(=O)C(C)C)cn4)cnc3C)o2)cc1.[HH].[HH]. The molecule has 0 saturated carbocycles. The van der Waals surface area contributed by atoms with E-state index in [4.69, 9.17) is 4.42 Å². The van der Waals surface area contributed by atoms with Crippen LogP contribution in [0, 0.1) is 6.92 Å². The highest BCUT2D eigenvalue weighted by Gasteiger charge is 2.20. The highest BCUT2D eigenvalue weighted by atomic mass is 32.2. The summed E-state index contributed by atoms with van der Waals surface area (Å²) in [5, 5.41) is 10.9. The van der Waals surface area contributed by atoms with E-state index in [9.17, 15) is 8.42 Å². The summed E-state index contributed by atoms with van der Waals surface area (Å²) >= 11 is 0. The number of hydrogen-bond acceptors (Lipinski definition) is 9. The van der Waals surface area contributed by atoms with Gasteiger partial charge in [0, 0.05) is 21.2 Å². The van der Waals surface area contributed by atoms with Crippen LogP contribution in [0.4, 0.5) is 0 Å². The summed E-state index contributed by atoms with van der Waals surface area (Å²) in [7, 11) is -1.50. The van der Waals surface area contributed by atoms with Gasteiger partial charge in [-0.2, -0.15) is 0 Å². The van der Waals surface area contributed by atoms with Gasteiger partial charge in [0.25, 0.3) is 5.89 Å². The Hall–Kier alpha value is -3.50. The fraction of sp³-hybridized carbons (Fsp3) is 0.261. The van der Waals surface area contributed by atoms with Crippen molar-refractivity contribution in [3.8, 4) is 34.4 Å². The molecule has 4 aromatic rings. The molecule has 1 aromatic carbocycles. The number of rotatable bonds is 7. The minimum Gasteiger partial charge on any atom is -0.415 e. The molecule has 0 spiro atoms. The first-order valence-corrected chi connectivity index (χ1v) is 12.0. The molecule has 0 bridgehead atoms. The van der Waals surface area contributed by atoms with E-state index in [1.807, 2.05) is 31.3 Å². The van der Waals surface area contributed by atoms with Gasteiger partial charge in [-0.1, -0.05) is 12.1 Å². The van der Waals surface area contributed by atoms with E-state index in [0.29, 0.717) is 28.7 Å². The lowest BCUT2D eigenvalue weighted by molar-refractivity contribution is 0.581. The number of nitrogens with one attached hydrogen (secondary N) is 1. The molecule has 0 radical (unpaired) electrons. The van der Waals surface area contributed by atoms with Gasteiger partial charge in [-0.3, -0.25) is 9.97 Å². The van der Waals surface area contributed by atoms with Gasteiger partial charge in [0.05, 0.1) is 27.7 Å². The molecule has 3 heterocycles. The number of aromatic nitrogens is 5. The predicted molar refractivity (Wildman–Crippen MR) is 128 cm³/mol. The number of benzene rings is 1. The molecule has 33 heavy (non-hydrogen) atoms. The normalized spacial score (nSPS) is 11.8. The molecular weight excluding hydrogens is 440 g/mol. The predicted octanol–water partition coefficient (Wildman–Crippen LogP) is 3.96. The lowest BCUT2D eigenvalue weighted by Crippen LogP contribution is -2.14. The number of pyridine rings is 1. The molecule has 0 unspecified atom stereocenters. The maximum atomic E-state index is 12.3. The molecule has 1 N–H and O–H groups in total. The van der Waals surface area contributed by atoms with Crippen molar-refractivity contribution in [3.63, 3.8) is 0 Å². The lowest BCUT2D eigenvalue weighted by atomic mass is 10.1. The van der Waals surface area contributed by atoms with Crippen LogP contribution in [0.1, 0.15) is 28.0 Å². The van der Waals surface area contributed by atoms with Crippen molar-refractivity contribution in [2.45, 2.75) is 37.5 Å². The number of hydrogen-bond donors (Lipinski definition) is 1. The van der Waals surface area contributed by atoms with Crippen molar-refractivity contribution in [2.24, 2.45) is 0 Å². The summed E-state index contributed by atoms with van der Waals surface area (Å²) in [6.45, 7) is 5.84. The molecule has 174 valence electrons. The van der Waals surface area contributed by atoms with Gasteiger partial charge >= 0.3 is 0 Å². The lowest BCUT2D eigenvalue weighted by Gasteiger charge is -2.08. The standard InChI is InChI=1S/C23H24N6O3S.2H2/c1-14(2)33(30,31)18-9-10-19(26-12-18)20-13-25-15(3)21(27-20)23-29-28-22(32-23)17-7-5-16(6-8-17)11-24-4;;/h5-10,12-14,24H,11H2,1-4H3;2*1H. The van der Waals surface area contributed by atoms with Crippen molar-refractivity contribution in [1.29, 1.82) is 0 Å². The summed E-state index contributed by atoms with van der Waals surface area (Å²) in [5.41, 5.74) is 3.98. The van der Waals surface area contributed by atoms with Crippen molar-refractivity contribution >= 4 is 9.84 Å². The van der Waals surface area contributed by atoms with Crippen LogP contribution in [-0.4, -0.2) is 45.9 Å². The topological polar surface area (TPSA) is 124 Å². The molecule has 0 saturated heterocycles. The van der Waals surface area contributed by atoms with Crippen LogP contribution in [0.3, 0.4) is 0 Å². The van der Waals surface area contributed by atoms with E-state index in [1.165, 1.54) is 12.3 Å². The molecule has 9 nitrogen and oxygen atoms in total. The summed E-state index contributed by atoms with van der Waals surface area (Å²) < 4.78 is 30.5. The van der Waals surface area contributed by atoms with Crippen LogP contribution < -0.4 is 5.32 Å². The quantitative estimate of drug-likeness (QED) is 0.429.